The maximum absolute atomic E-state index is 5.94. The fraction of sp³-hybridized carbons (Fsp3) is 0. The summed E-state index contributed by atoms with van der Waals surface area (Å²) < 4.78 is 6.99. The van der Waals surface area contributed by atoms with Crippen LogP contribution in [0.4, 0.5) is 5.69 Å². The molecule has 0 atom stereocenters. The van der Waals surface area contributed by atoms with Crippen molar-refractivity contribution in [1.29, 1.82) is 0 Å². The van der Waals surface area contributed by atoms with Crippen LogP contribution in [0, 0.1) is 0 Å². The molecule has 0 bridgehead atoms. The summed E-state index contributed by atoms with van der Waals surface area (Å²) in [5, 5.41) is 5.33. The second-order valence-corrected chi connectivity index (χ2v) is 6.63. The van der Waals surface area contributed by atoms with Crippen LogP contribution >= 0.6 is 28.1 Å². The largest absolute Gasteiger partial charge is 0.436 e. The lowest BCUT2D eigenvalue weighted by molar-refractivity contribution is 0.620. The number of rotatable bonds is 2. The van der Waals surface area contributed by atoms with Crippen LogP contribution in [0.15, 0.2) is 63.5 Å². The van der Waals surface area contributed by atoms with Gasteiger partial charge in [-0.15, -0.1) is 0 Å². The molecule has 0 radical (unpaired) electrons. The molecule has 6 heteroatoms. The minimum Gasteiger partial charge on any atom is -0.436 e. The zero-order valence-electron chi connectivity index (χ0n) is 12.4. The normalized spacial score (nSPS) is 11.0. The number of oxazole rings is 1. The Bertz CT molecular complexity index is 1090. The average Bonchev–Trinajstić information content (AvgIpc) is 2.97. The first-order valence-electron chi connectivity index (χ1n) is 7.26. The van der Waals surface area contributed by atoms with Gasteiger partial charge in [0, 0.05) is 15.7 Å². The molecule has 1 aromatic heterocycles. The molecule has 118 valence electrons. The van der Waals surface area contributed by atoms with Crippen molar-refractivity contribution in [2.75, 3.05) is 5.32 Å². The van der Waals surface area contributed by atoms with E-state index in [0.717, 1.165) is 32.0 Å². The molecule has 0 spiro atoms. The third kappa shape index (κ3) is 2.64. The number of thiocarbonyl (C=S) groups is 1. The van der Waals surface area contributed by atoms with Gasteiger partial charge in [0.05, 0.1) is 0 Å². The average molecular weight is 398 g/mol. The van der Waals surface area contributed by atoms with Gasteiger partial charge < -0.3 is 15.5 Å². The van der Waals surface area contributed by atoms with Crippen molar-refractivity contribution in [3.8, 4) is 11.5 Å². The van der Waals surface area contributed by atoms with Crippen LogP contribution in [-0.2, 0) is 0 Å². The first-order chi connectivity index (χ1) is 11.6. The number of aromatic nitrogens is 1. The minimum absolute atomic E-state index is 0.219. The molecule has 0 saturated heterocycles. The molecule has 0 aliphatic rings. The Morgan fingerprint density at radius 2 is 1.88 bits per heavy atom. The van der Waals surface area contributed by atoms with E-state index in [1.165, 1.54) is 0 Å². The van der Waals surface area contributed by atoms with Gasteiger partial charge in [-0.05, 0) is 53.3 Å². The SMILES string of the molecule is NC(=S)Nc1ccc2oc(-c3cccc4c(Br)cccc34)nc2c1. The number of halogens is 1. The number of hydrogen-bond acceptors (Lipinski definition) is 3. The van der Waals surface area contributed by atoms with Gasteiger partial charge in [-0.3, -0.25) is 0 Å². The maximum atomic E-state index is 5.94. The highest BCUT2D eigenvalue weighted by atomic mass is 79.9. The summed E-state index contributed by atoms with van der Waals surface area (Å²) >= 11 is 8.45. The first-order valence-corrected chi connectivity index (χ1v) is 8.46. The highest BCUT2D eigenvalue weighted by molar-refractivity contribution is 9.10. The summed E-state index contributed by atoms with van der Waals surface area (Å²) in [6, 6.07) is 17.7. The van der Waals surface area contributed by atoms with Crippen molar-refractivity contribution in [3.63, 3.8) is 0 Å². The third-order valence-corrected chi connectivity index (χ3v) is 4.55. The summed E-state index contributed by atoms with van der Waals surface area (Å²) in [7, 11) is 0. The zero-order chi connectivity index (χ0) is 16.7. The Morgan fingerprint density at radius 1 is 1.08 bits per heavy atom. The number of fused-ring (bicyclic) bond motifs is 2. The van der Waals surface area contributed by atoms with E-state index >= 15 is 0 Å². The monoisotopic (exact) mass is 397 g/mol. The minimum atomic E-state index is 0.219. The molecule has 0 fully saturated rings. The molecule has 3 aromatic carbocycles. The Balaban J connectivity index is 1.88. The number of nitrogens with two attached hydrogens (primary N) is 1. The second-order valence-electron chi connectivity index (χ2n) is 5.33. The van der Waals surface area contributed by atoms with E-state index in [4.69, 9.17) is 22.4 Å². The van der Waals surface area contributed by atoms with Crippen molar-refractivity contribution < 1.29 is 4.42 Å². The smallest absolute Gasteiger partial charge is 0.227 e. The number of nitrogens with zero attached hydrogens (tertiary/aromatic N) is 1. The van der Waals surface area contributed by atoms with Crippen molar-refractivity contribution in [3.05, 3.63) is 59.1 Å². The predicted molar refractivity (Wildman–Crippen MR) is 105 cm³/mol. The lowest BCUT2D eigenvalue weighted by atomic mass is 10.0. The van der Waals surface area contributed by atoms with Crippen LogP contribution in [0.25, 0.3) is 33.3 Å². The fourth-order valence-corrected chi connectivity index (χ4v) is 3.34. The summed E-state index contributed by atoms with van der Waals surface area (Å²) in [4.78, 5) is 4.62. The standard InChI is InChI=1S/C18H12BrN3OS/c19-14-6-2-3-11-12(14)4-1-5-13(11)17-22-15-9-10(21-18(20)24)7-8-16(15)23-17/h1-9H,(H3,20,21,24). The Labute approximate surface area is 151 Å². The molecule has 4 rings (SSSR count). The van der Waals surface area contributed by atoms with E-state index in [-0.39, 0.29) is 5.11 Å². The number of nitrogens with one attached hydrogen (secondary N) is 1. The first kappa shape index (κ1) is 15.1. The number of hydrogen-bond donors (Lipinski definition) is 2. The van der Waals surface area contributed by atoms with E-state index < -0.39 is 0 Å². The van der Waals surface area contributed by atoms with Crippen LogP contribution in [0.5, 0.6) is 0 Å². The molecule has 0 unspecified atom stereocenters. The van der Waals surface area contributed by atoms with Gasteiger partial charge in [-0.25, -0.2) is 4.98 Å². The molecule has 1 heterocycles. The fourth-order valence-electron chi connectivity index (χ4n) is 2.72. The van der Waals surface area contributed by atoms with Gasteiger partial charge in [-0.2, -0.15) is 0 Å². The van der Waals surface area contributed by atoms with Gasteiger partial charge in [0.2, 0.25) is 5.89 Å². The molecule has 0 amide bonds. The molecule has 4 nitrogen and oxygen atoms in total. The van der Waals surface area contributed by atoms with Gasteiger partial charge in [0.25, 0.3) is 0 Å². The Hall–Kier alpha value is -2.44. The van der Waals surface area contributed by atoms with Crippen molar-refractivity contribution in [1.82, 2.24) is 4.98 Å². The highest BCUT2D eigenvalue weighted by Crippen LogP contribution is 2.34. The van der Waals surface area contributed by atoms with Gasteiger partial charge in [0.15, 0.2) is 10.7 Å². The number of benzene rings is 3. The Kier molecular flexibility index (Phi) is 3.70. The summed E-state index contributed by atoms with van der Waals surface area (Å²) in [6.07, 6.45) is 0. The van der Waals surface area contributed by atoms with Crippen LogP contribution in [-0.4, -0.2) is 10.1 Å². The molecule has 0 saturated carbocycles. The molecule has 24 heavy (non-hydrogen) atoms. The molecule has 0 aliphatic heterocycles. The lowest BCUT2D eigenvalue weighted by Gasteiger charge is -2.04. The van der Waals surface area contributed by atoms with Crippen LogP contribution in [0.1, 0.15) is 0 Å². The van der Waals surface area contributed by atoms with E-state index in [2.05, 4.69) is 38.4 Å². The third-order valence-electron chi connectivity index (χ3n) is 3.75. The van der Waals surface area contributed by atoms with Crippen molar-refractivity contribution in [2.24, 2.45) is 5.73 Å². The molecular weight excluding hydrogens is 386 g/mol. The molecule has 4 aromatic rings. The van der Waals surface area contributed by atoms with Crippen LogP contribution in [0.3, 0.4) is 0 Å². The quantitative estimate of drug-likeness (QED) is 0.462. The zero-order valence-corrected chi connectivity index (χ0v) is 14.8. The predicted octanol–water partition coefficient (Wildman–Crippen LogP) is 5.07. The summed E-state index contributed by atoms with van der Waals surface area (Å²) in [6.45, 7) is 0. The van der Waals surface area contributed by atoms with Crippen molar-refractivity contribution in [2.45, 2.75) is 0 Å². The maximum Gasteiger partial charge on any atom is 0.227 e. The number of anilines is 1. The van der Waals surface area contributed by atoms with E-state index in [1.807, 2.05) is 42.5 Å². The molecule has 0 aliphatic carbocycles. The van der Waals surface area contributed by atoms with Gasteiger partial charge in [-0.1, -0.05) is 40.2 Å². The molecular formula is C18H12BrN3OS. The summed E-state index contributed by atoms with van der Waals surface area (Å²) in [5.74, 6) is 0.584. The van der Waals surface area contributed by atoms with Crippen LogP contribution < -0.4 is 11.1 Å². The topological polar surface area (TPSA) is 64.1 Å². The lowest BCUT2D eigenvalue weighted by Crippen LogP contribution is -2.18. The van der Waals surface area contributed by atoms with E-state index in [0.29, 0.717) is 11.5 Å². The van der Waals surface area contributed by atoms with Gasteiger partial charge in [0.1, 0.15) is 5.52 Å². The van der Waals surface area contributed by atoms with E-state index in [1.54, 1.807) is 0 Å². The Morgan fingerprint density at radius 3 is 2.71 bits per heavy atom. The van der Waals surface area contributed by atoms with Crippen LogP contribution in [0.2, 0.25) is 0 Å². The summed E-state index contributed by atoms with van der Waals surface area (Å²) in [5.41, 5.74) is 8.72. The van der Waals surface area contributed by atoms with Crippen molar-refractivity contribution >= 4 is 60.8 Å². The second kappa shape index (κ2) is 5.89. The highest BCUT2D eigenvalue weighted by Gasteiger charge is 2.12. The molecule has 3 N–H and O–H groups in total. The van der Waals surface area contributed by atoms with E-state index in [9.17, 15) is 0 Å². The van der Waals surface area contributed by atoms with Gasteiger partial charge >= 0.3 is 0 Å².